The van der Waals surface area contributed by atoms with E-state index in [1.54, 1.807) is 48.0 Å². The quantitative estimate of drug-likeness (QED) is 0.686. The molecule has 3 N–H and O–H groups in total. The van der Waals surface area contributed by atoms with Crippen LogP contribution in [0.5, 0.6) is 5.88 Å². The normalized spacial score (nSPS) is 12.2. The van der Waals surface area contributed by atoms with E-state index in [0.717, 1.165) is 5.69 Å². The Hall–Kier alpha value is -1.53. The first-order valence-corrected chi connectivity index (χ1v) is 6.09. The van der Waals surface area contributed by atoms with E-state index < -0.39 is 11.2 Å². The summed E-state index contributed by atoms with van der Waals surface area (Å²) in [5.74, 6) is 0.509. The Morgan fingerprint density at radius 3 is 2.37 bits per heavy atom. The fourth-order valence-corrected chi connectivity index (χ4v) is 1.16. The second-order valence-electron chi connectivity index (χ2n) is 5.30. The fourth-order valence-electron chi connectivity index (χ4n) is 1.16. The van der Waals surface area contributed by atoms with E-state index in [1.165, 1.54) is 0 Å². The number of ether oxygens (including phenoxy) is 1. The summed E-state index contributed by atoms with van der Waals surface area (Å²) < 4.78 is 5.11. The number of hydrogen-bond acceptors (Lipinski definition) is 6. The van der Waals surface area contributed by atoms with E-state index in [0.29, 0.717) is 11.6 Å². The van der Waals surface area contributed by atoms with E-state index >= 15 is 0 Å². The molecule has 0 saturated carbocycles. The van der Waals surface area contributed by atoms with E-state index in [2.05, 4.69) is 15.8 Å². The SMILES string of the molecule is CNc1cc(NOC(C)(C)C(C)(C)O)cnc1OC. The summed E-state index contributed by atoms with van der Waals surface area (Å²) in [4.78, 5) is 9.69. The van der Waals surface area contributed by atoms with Crippen LogP contribution in [-0.2, 0) is 4.84 Å². The predicted octanol–water partition coefficient (Wildman–Crippen LogP) is 2.02. The van der Waals surface area contributed by atoms with Gasteiger partial charge < -0.3 is 15.2 Å². The molecule has 0 atom stereocenters. The summed E-state index contributed by atoms with van der Waals surface area (Å²) >= 11 is 0. The Morgan fingerprint density at radius 2 is 1.89 bits per heavy atom. The average Bonchev–Trinajstić information content (AvgIpc) is 2.34. The molecule has 6 nitrogen and oxygen atoms in total. The van der Waals surface area contributed by atoms with Crippen LogP contribution in [0, 0.1) is 0 Å². The molecule has 1 heterocycles. The van der Waals surface area contributed by atoms with E-state index in [-0.39, 0.29) is 0 Å². The highest BCUT2D eigenvalue weighted by atomic mass is 16.7. The highest BCUT2D eigenvalue weighted by Gasteiger charge is 2.37. The number of anilines is 2. The monoisotopic (exact) mass is 269 g/mol. The van der Waals surface area contributed by atoms with Crippen molar-refractivity contribution < 1.29 is 14.7 Å². The molecule has 1 aromatic rings. The van der Waals surface area contributed by atoms with Crippen LogP contribution >= 0.6 is 0 Å². The Balaban J connectivity index is 2.79. The van der Waals surface area contributed by atoms with Gasteiger partial charge in [-0.2, -0.15) is 0 Å². The first-order valence-electron chi connectivity index (χ1n) is 6.09. The van der Waals surface area contributed by atoms with Crippen molar-refractivity contribution in [3.63, 3.8) is 0 Å². The van der Waals surface area contributed by atoms with Gasteiger partial charge in [-0.15, -0.1) is 0 Å². The van der Waals surface area contributed by atoms with Gasteiger partial charge >= 0.3 is 0 Å². The van der Waals surface area contributed by atoms with Gasteiger partial charge in [0.25, 0.3) is 0 Å². The zero-order valence-electron chi connectivity index (χ0n) is 12.4. The van der Waals surface area contributed by atoms with Crippen LogP contribution in [0.2, 0.25) is 0 Å². The molecular formula is C13H23N3O3. The van der Waals surface area contributed by atoms with Gasteiger partial charge in [-0.25, -0.2) is 4.98 Å². The van der Waals surface area contributed by atoms with Gasteiger partial charge in [0.05, 0.1) is 30.3 Å². The third kappa shape index (κ3) is 3.71. The molecule has 0 amide bonds. The number of rotatable bonds is 6. The number of nitrogens with zero attached hydrogens (tertiary/aromatic N) is 1. The minimum absolute atomic E-state index is 0.509. The Labute approximate surface area is 114 Å². The maximum absolute atomic E-state index is 9.99. The molecule has 1 rings (SSSR count). The minimum Gasteiger partial charge on any atom is -0.480 e. The summed E-state index contributed by atoms with van der Waals surface area (Å²) in [6, 6.07) is 1.81. The molecule has 0 aromatic carbocycles. The maximum atomic E-state index is 9.99. The van der Waals surface area contributed by atoms with E-state index in [9.17, 15) is 5.11 Å². The van der Waals surface area contributed by atoms with Crippen molar-refractivity contribution in [3.8, 4) is 5.88 Å². The zero-order chi connectivity index (χ0) is 14.7. The molecule has 19 heavy (non-hydrogen) atoms. The molecular weight excluding hydrogens is 246 g/mol. The fraction of sp³-hybridized carbons (Fsp3) is 0.615. The molecule has 0 radical (unpaired) electrons. The lowest BCUT2D eigenvalue weighted by Crippen LogP contribution is -2.48. The van der Waals surface area contributed by atoms with Crippen LogP contribution in [0.4, 0.5) is 11.4 Å². The van der Waals surface area contributed by atoms with Crippen molar-refractivity contribution in [3.05, 3.63) is 12.3 Å². The van der Waals surface area contributed by atoms with E-state index in [4.69, 9.17) is 9.57 Å². The molecule has 0 aliphatic rings. The molecule has 0 spiro atoms. The predicted molar refractivity (Wildman–Crippen MR) is 75.4 cm³/mol. The van der Waals surface area contributed by atoms with Gasteiger partial charge in [-0.1, -0.05) is 0 Å². The van der Waals surface area contributed by atoms with Crippen LogP contribution < -0.4 is 15.5 Å². The van der Waals surface area contributed by atoms with Crippen molar-refractivity contribution in [2.45, 2.75) is 38.9 Å². The van der Waals surface area contributed by atoms with Crippen molar-refractivity contribution in [1.29, 1.82) is 0 Å². The minimum atomic E-state index is -0.980. The van der Waals surface area contributed by atoms with Gasteiger partial charge in [-0.05, 0) is 33.8 Å². The van der Waals surface area contributed by atoms with Crippen molar-refractivity contribution in [2.24, 2.45) is 0 Å². The molecule has 0 fully saturated rings. The van der Waals surface area contributed by atoms with Crippen molar-refractivity contribution >= 4 is 11.4 Å². The van der Waals surface area contributed by atoms with Gasteiger partial charge in [0.1, 0.15) is 5.60 Å². The van der Waals surface area contributed by atoms with Crippen molar-refractivity contribution in [2.75, 3.05) is 25.0 Å². The molecule has 0 aliphatic carbocycles. The maximum Gasteiger partial charge on any atom is 0.237 e. The summed E-state index contributed by atoms with van der Waals surface area (Å²) in [5.41, 5.74) is 2.48. The Kier molecular flexibility index (Phi) is 4.60. The molecule has 0 saturated heterocycles. The molecule has 0 unspecified atom stereocenters. The van der Waals surface area contributed by atoms with Gasteiger partial charge in [-0.3, -0.25) is 10.3 Å². The number of methoxy groups -OCH3 is 1. The Bertz CT molecular complexity index is 428. The number of nitrogens with one attached hydrogen (secondary N) is 2. The third-order valence-corrected chi connectivity index (χ3v) is 3.21. The van der Waals surface area contributed by atoms with Gasteiger partial charge in [0, 0.05) is 7.05 Å². The molecule has 6 heteroatoms. The lowest BCUT2D eigenvalue weighted by Gasteiger charge is -2.36. The van der Waals surface area contributed by atoms with Crippen molar-refractivity contribution in [1.82, 2.24) is 4.98 Å². The average molecular weight is 269 g/mol. The smallest absolute Gasteiger partial charge is 0.237 e. The highest BCUT2D eigenvalue weighted by Crippen LogP contribution is 2.28. The second kappa shape index (κ2) is 5.63. The number of aromatic nitrogens is 1. The van der Waals surface area contributed by atoms with Gasteiger partial charge in [0.15, 0.2) is 0 Å². The summed E-state index contributed by atoms with van der Waals surface area (Å²) in [7, 11) is 3.34. The van der Waals surface area contributed by atoms with Crippen LogP contribution in [0.25, 0.3) is 0 Å². The zero-order valence-corrected chi connectivity index (χ0v) is 12.4. The molecule has 108 valence electrons. The largest absolute Gasteiger partial charge is 0.480 e. The van der Waals surface area contributed by atoms with Crippen LogP contribution in [0.1, 0.15) is 27.7 Å². The Morgan fingerprint density at radius 1 is 1.26 bits per heavy atom. The second-order valence-corrected chi connectivity index (χ2v) is 5.30. The molecule has 1 aromatic heterocycles. The summed E-state index contributed by atoms with van der Waals surface area (Å²) in [6.45, 7) is 6.99. The van der Waals surface area contributed by atoms with Crippen LogP contribution in [0.15, 0.2) is 12.3 Å². The summed E-state index contributed by atoms with van der Waals surface area (Å²) in [6.07, 6.45) is 1.60. The highest BCUT2D eigenvalue weighted by molar-refractivity contribution is 5.60. The topological polar surface area (TPSA) is 75.6 Å². The van der Waals surface area contributed by atoms with Gasteiger partial charge in [0.2, 0.25) is 5.88 Å². The van der Waals surface area contributed by atoms with Crippen LogP contribution in [0.3, 0.4) is 0 Å². The molecule has 0 aliphatic heterocycles. The first kappa shape index (κ1) is 15.5. The first-order chi connectivity index (χ1) is 8.71. The third-order valence-electron chi connectivity index (χ3n) is 3.21. The summed E-state index contributed by atoms with van der Waals surface area (Å²) in [5, 5.41) is 13.0. The van der Waals surface area contributed by atoms with E-state index in [1.807, 2.05) is 6.07 Å². The number of hydrogen-bond donors (Lipinski definition) is 3. The lowest BCUT2D eigenvalue weighted by molar-refractivity contribution is -0.130. The number of pyridine rings is 1. The lowest BCUT2D eigenvalue weighted by atomic mass is 9.90. The number of aliphatic hydroxyl groups is 1. The molecule has 0 bridgehead atoms. The van der Waals surface area contributed by atoms with Crippen LogP contribution in [-0.4, -0.2) is 35.5 Å². The standard InChI is InChI=1S/C13H23N3O3/c1-12(2,17)13(3,4)19-16-9-7-10(14-5)11(18-6)15-8-9/h7-8,14,16-17H,1-6H3.